The highest BCUT2D eigenvalue weighted by atomic mass is 32.2. The number of carbonyl (C=O) groups is 1. The molecule has 3 aromatic rings. The summed E-state index contributed by atoms with van der Waals surface area (Å²) in [5, 5.41) is 0.637. The lowest BCUT2D eigenvalue weighted by molar-refractivity contribution is 0.0986. The molecule has 0 bridgehead atoms. The highest BCUT2D eigenvalue weighted by molar-refractivity contribution is 7.89. The van der Waals surface area contributed by atoms with Gasteiger partial charge in [0.1, 0.15) is 0 Å². The number of thiazole rings is 1. The normalized spacial score (nSPS) is 11.8. The topological polar surface area (TPSA) is 73.8 Å². The summed E-state index contributed by atoms with van der Waals surface area (Å²) in [5.74, 6) is -0.210. The minimum Gasteiger partial charge on any atom is -0.309 e. The van der Waals surface area contributed by atoms with Gasteiger partial charge in [0.25, 0.3) is 5.91 Å². The quantitative estimate of drug-likeness (QED) is 0.333. The lowest BCUT2D eigenvalue weighted by atomic mass is 10.2. The van der Waals surface area contributed by atoms with Gasteiger partial charge < -0.3 is 4.90 Å². The maximum absolute atomic E-state index is 13.6. The van der Waals surface area contributed by atoms with Crippen LogP contribution in [0.1, 0.15) is 22.3 Å². The van der Waals surface area contributed by atoms with Gasteiger partial charge in [0.05, 0.1) is 15.1 Å². The number of carbonyl (C=O) groups excluding carboxylic acids is 1. The highest BCUT2D eigenvalue weighted by Gasteiger charge is 2.25. The second kappa shape index (κ2) is 11.7. The zero-order valence-corrected chi connectivity index (χ0v) is 22.1. The van der Waals surface area contributed by atoms with Crippen molar-refractivity contribution in [2.24, 2.45) is 0 Å². The minimum atomic E-state index is -3.74. The van der Waals surface area contributed by atoms with E-state index in [1.807, 2.05) is 39.2 Å². The van der Waals surface area contributed by atoms with Gasteiger partial charge in [0.15, 0.2) is 5.13 Å². The van der Waals surface area contributed by atoms with E-state index in [0.29, 0.717) is 17.2 Å². The molecule has 0 unspecified atom stereocenters. The lowest BCUT2D eigenvalue weighted by Gasteiger charge is -2.22. The molecule has 0 aliphatic rings. The van der Waals surface area contributed by atoms with Crippen LogP contribution < -0.4 is 4.90 Å². The number of anilines is 1. The van der Waals surface area contributed by atoms with E-state index in [-0.39, 0.29) is 23.9 Å². The summed E-state index contributed by atoms with van der Waals surface area (Å²) in [6.45, 7) is 10.9. The van der Waals surface area contributed by atoms with E-state index in [9.17, 15) is 13.2 Å². The summed E-state index contributed by atoms with van der Waals surface area (Å²) < 4.78 is 28.3. The number of sulfonamides is 1. The van der Waals surface area contributed by atoms with Crippen LogP contribution in [0.4, 0.5) is 5.13 Å². The molecule has 9 heteroatoms. The second-order valence-corrected chi connectivity index (χ2v) is 11.4. The van der Waals surface area contributed by atoms with E-state index in [1.54, 1.807) is 17.0 Å². The molecule has 1 heterocycles. The van der Waals surface area contributed by atoms with Crippen molar-refractivity contribution in [3.05, 3.63) is 78.9 Å². The number of rotatable bonds is 12. The highest BCUT2D eigenvalue weighted by Crippen LogP contribution is 2.31. The summed E-state index contributed by atoms with van der Waals surface area (Å²) in [5.41, 5.74) is 2.36. The summed E-state index contributed by atoms with van der Waals surface area (Å²) in [6.07, 6.45) is 3.84. The van der Waals surface area contributed by atoms with Gasteiger partial charge in [0, 0.05) is 25.2 Å². The van der Waals surface area contributed by atoms with Crippen LogP contribution in [0.15, 0.2) is 72.7 Å². The van der Waals surface area contributed by atoms with Crippen molar-refractivity contribution < 1.29 is 13.2 Å². The third kappa shape index (κ3) is 6.24. The lowest BCUT2D eigenvalue weighted by Crippen LogP contribution is -2.33. The van der Waals surface area contributed by atoms with Gasteiger partial charge in [-0.05, 0) is 69.9 Å². The molecule has 3 rings (SSSR count). The summed E-state index contributed by atoms with van der Waals surface area (Å²) in [6, 6.07) is 12.1. The molecule has 35 heavy (non-hydrogen) atoms. The first-order valence-corrected chi connectivity index (χ1v) is 13.6. The van der Waals surface area contributed by atoms with Gasteiger partial charge in [-0.25, -0.2) is 13.4 Å². The van der Waals surface area contributed by atoms with E-state index in [0.717, 1.165) is 28.7 Å². The number of amides is 1. The average Bonchev–Trinajstić information content (AvgIpc) is 3.26. The van der Waals surface area contributed by atoms with Crippen LogP contribution in [0.5, 0.6) is 0 Å². The zero-order valence-electron chi connectivity index (χ0n) is 20.5. The van der Waals surface area contributed by atoms with Crippen molar-refractivity contribution >= 4 is 42.6 Å². The molecule has 0 saturated heterocycles. The first-order chi connectivity index (χ1) is 16.7. The molecule has 0 aliphatic heterocycles. The maximum atomic E-state index is 13.6. The molecule has 0 spiro atoms. The Morgan fingerprint density at radius 1 is 1.03 bits per heavy atom. The summed E-state index contributed by atoms with van der Waals surface area (Å²) >= 11 is 1.48. The molecule has 0 N–H and O–H groups in total. The third-order valence-corrected chi connectivity index (χ3v) is 8.37. The smallest absolute Gasteiger partial charge is 0.260 e. The Morgan fingerprint density at radius 3 is 2.26 bits per heavy atom. The van der Waals surface area contributed by atoms with Crippen LogP contribution in [-0.2, 0) is 10.0 Å². The number of benzene rings is 2. The van der Waals surface area contributed by atoms with Crippen molar-refractivity contribution in [3.8, 4) is 0 Å². The molecule has 0 aliphatic carbocycles. The van der Waals surface area contributed by atoms with Crippen molar-refractivity contribution in [2.45, 2.75) is 18.2 Å². The molecule has 1 aromatic heterocycles. The van der Waals surface area contributed by atoms with Gasteiger partial charge in [-0.2, -0.15) is 4.31 Å². The Hall–Kier alpha value is -2.85. The fraction of sp³-hybridized carbons (Fsp3) is 0.308. The van der Waals surface area contributed by atoms with Crippen molar-refractivity contribution in [1.29, 1.82) is 0 Å². The van der Waals surface area contributed by atoms with Crippen LogP contribution in [-0.4, -0.2) is 68.8 Å². The fourth-order valence-electron chi connectivity index (χ4n) is 3.65. The molecule has 0 saturated carbocycles. The number of aryl methyl sites for hydroxylation is 1. The summed E-state index contributed by atoms with van der Waals surface area (Å²) in [7, 11) is 0.253. The minimum absolute atomic E-state index is 0.118. The maximum Gasteiger partial charge on any atom is 0.260 e. The first kappa shape index (κ1) is 26.7. The second-order valence-electron chi connectivity index (χ2n) is 8.46. The van der Waals surface area contributed by atoms with Gasteiger partial charge >= 0.3 is 0 Å². The number of para-hydroxylation sites is 1. The van der Waals surface area contributed by atoms with Crippen LogP contribution in [0.25, 0.3) is 10.2 Å². The van der Waals surface area contributed by atoms with E-state index in [2.05, 4.69) is 18.1 Å². The standard InChI is InChI=1S/C26H32N4O3S2/c1-6-16-29(17-7-2)35(32,33)22-14-12-21(13-15-22)25(31)30(19-9-18-28(4)5)26-27-24-20(3)10-8-11-23(24)34-26/h6-8,10-15H,1-2,9,16-19H2,3-5H3. The van der Waals surface area contributed by atoms with Gasteiger partial charge in [-0.15, -0.1) is 13.2 Å². The molecule has 2 aromatic carbocycles. The molecule has 1 amide bonds. The largest absolute Gasteiger partial charge is 0.309 e. The molecular weight excluding hydrogens is 480 g/mol. The molecule has 7 nitrogen and oxygen atoms in total. The molecule has 0 fully saturated rings. The molecule has 186 valence electrons. The SMILES string of the molecule is C=CCN(CC=C)S(=O)(=O)c1ccc(C(=O)N(CCCN(C)C)c2nc3c(C)cccc3s2)cc1. The number of fused-ring (bicyclic) bond motifs is 1. The van der Waals surface area contributed by atoms with Gasteiger partial charge in [0.2, 0.25) is 10.0 Å². The van der Waals surface area contributed by atoms with E-state index >= 15 is 0 Å². The number of nitrogens with zero attached hydrogens (tertiary/aromatic N) is 4. The van der Waals surface area contributed by atoms with Crippen LogP contribution in [0, 0.1) is 6.92 Å². The Bertz CT molecular complexity index is 1290. The van der Waals surface area contributed by atoms with E-state index in [1.165, 1.54) is 39.9 Å². The zero-order chi connectivity index (χ0) is 25.6. The van der Waals surface area contributed by atoms with E-state index < -0.39 is 10.0 Å². The van der Waals surface area contributed by atoms with Gasteiger partial charge in [-0.1, -0.05) is 35.6 Å². The number of aromatic nitrogens is 1. The van der Waals surface area contributed by atoms with Gasteiger partial charge in [-0.3, -0.25) is 9.69 Å². The Morgan fingerprint density at radius 2 is 1.69 bits per heavy atom. The third-order valence-electron chi connectivity index (χ3n) is 5.48. The van der Waals surface area contributed by atoms with Crippen molar-refractivity contribution in [1.82, 2.24) is 14.2 Å². The Balaban J connectivity index is 1.92. The van der Waals surface area contributed by atoms with Crippen molar-refractivity contribution in [3.63, 3.8) is 0 Å². The average molecular weight is 513 g/mol. The predicted octanol–water partition coefficient (Wildman–Crippen LogP) is 4.57. The fourth-order valence-corrected chi connectivity index (χ4v) is 6.10. The number of hydrogen-bond donors (Lipinski definition) is 0. The van der Waals surface area contributed by atoms with E-state index in [4.69, 9.17) is 4.98 Å². The molecule has 0 atom stereocenters. The Kier molecular flexibility index (Phi) is 8.96. The van der Waals surface area contributed by atoms with Crippen molar-refractivity contribution in [2.75, 3.05) is 45.2 Å². The van der Waals surface area contributed by atoms with Crippen LogP contribution in [0.3, 0.4) is 0 Å². The monoisotopic (exact) mass is 512 g/mol. The van der Waals surface area contributed by atoms with Crippen LogP contribution >= 0.6 is 11.3 Å². The van der Waals surface area contributed by atoms with Crippen LogP contribution in [0.2, 0.25) is 0 Å². The first-order valence-electron chi connectivity index (χ1n) is 11.3. The summed E-state index contributed by atoms with van der Waals surface area (Å²) in [4.78, 5) is 22.2. The number of hydrogen-bond acceptors (Lipinski definition) is 6. The molecular formula is C26H32N4O3S2. The molecule has 0 radical (unpaired) electrons. The predicted molar refractivity (Wildman–Crippen MR) is 145 cm³/mol. The Labute approximate surface area is 212 Å².